The van der Waals surface area contributed by atoms with Crippen LogP contribution in [0, 0.1) is 11.8 Å². The fraction of sp³-hybridized carbons (Fsp3) is 0.267. The van der Waals surface area contributed by atoms with Crippen LogP contribution in [-0.4, -0.2) is 35.7 Å². The fourth-order valence-corrected chi connectivity index (χ4v) is 1.87. The summed E-state index contributed by atoms with van der Waals surface area (Å²) in [6.45, 7) is 1.96. The molecule has 0 saturated heterocycles. The second kappa shape index (κ2) is 6.57. The Kier molecular flexibility index (Phi) is 4.57. The number of fused-ring (bicyclic) bond motifs is 1. The number of nitrogens with zero attached hydrogens (tertiary/aromatic N) is 1. The zero-order valence-electron chi connectivity index (χ0n) is 11.8. The van der Waals surface area contributed by atoms with Gasteiger partial charge >= 0.3 is 5.97 Å². The summed E-state index contributed by atoms with van der Waals surface area (Å²) in [5.74, 6) is 5.40. The number of methoxy groups -OCH3 is 1. The van der Waals surface area contributed by atoms with Crippen LogP contribution in [0.5, 0.6) is 0 Å². The highest BCUT2D eigenvalue weighted by atomic mass is 16.5. The molecule has 2 rings (SSSR count). The van der Waals surface area contributed by atoms with Gasteiger partial charge in [-0.2, -0.15) is 5.10 Å². The number of amides is 1. The molecule has 108 valence electrons. The minimum absolute atomic E-state index is 0.0799. The van der Waals surface area contributed by atoms with E-state index in [1.165, 1.54) is 14.0 Å². The number of benzene rings is 1. The lowest BCUT2D eigenvalue weighted by Gasteiger charge is -2.02. The maximum atomic E-state index is 11.8. The molecule has 0 spiro atoms. The summed E-state index contributed by atoms with van der Waals surface area (Å²) in [6, 6.07) is 3.50. The molecule has 2 N–H and O–H groups in total. The fourth-order valence-electron chi connectivity index (χ4n) is 1.87. The van der Waals surface area contributed by atoms with Crippen LogP contribution in [0.4, 0.5) is 0 Å². The molecule has 6 heteroatoms. The average molecular weight is 285 g/mol. The van der Waals surface area contributed by atoms with Gasteiger partial charge in [-0.25, -0.2) is 4.79 Å². The van der Waals surface area contributed by atoms with Crippen molar-refractivity contribution in [3.63, 3.8) is 0 Å². The van der Waals surface area contributed by atoms with Crippen LogP contribution < -0.4 is 5.32 Å². The molecule has 0 aliphatic carbocycles. The molecule has 0 bridgehead atoms. The number of hydrogen-bond donors (Lipinski definition) is 2. The quantitative estimate of drug-likeness (QED) is 0.504. The molecule has 6 nitrogen and oxygen atoms in total. The molecule has 1 aromatic heterocycles. The first kappa shape index (κ1) is 14.6. The molecule has 21 heavy (non-hydrogen) atoms. The van der Waals surface area contributed by atoms with Crippen molar-refractivity contribution in [3.05, 3.63) is 29.5 Å². The summed E-state index contributed by atoms with van der Waals surface area (Å²) >= 11 is 0. The van der Waals surface area contributed by atoms with Gasteiger partial charge in [-0.1, -0.05) is 11.8 Å². The molecule has 2 aromatic rings. The van der Waals surface area contributed by atoms with Crippen molar-refractivity contribution in [2.24, 2.45) is 0 Å². The molecule has 1 heterocycles. The highest BCUT2D eigenvalue weighted by Gasteiger charge is 2.12. The summed E-state index contributed by atoms with van der Waals surface area (Å²) in [4.78, 5) is 22.5. The van der Waals surface area contributed by atoms with Crippen LogP contribution in [0.2, 0.25) is 0 Å². The molecule has 0 fully saturated rings. The largest absolute Gasteiger partial charge is 0.465 e. The van der Waals surface area contributed by atoms with Gasteiger partial charge in [-0.3, -0.25) is 9.89 Å². The van der Waals surface area contributed by atoms with Crippen molar-refractivity contribution >= 4 is 22.8 Å². The van der Waals surface area contributed by atoms with Crippen molar-refractivity contribution < 1.29 is 14.3 Å². The van der Waals surface area contributed by atoms with Crippen LogP contribution in [-0.2, 0) is 9.53 Å². The van der Waals surface area contributed by atoms with E-state index in [1.54, 1.807) is 12.3 Å². The molecule has 0 atom stereocenters. The number of esters is 1. The van der Waals surface area contributed by atoms with Crippen LogP contribution in [0.25, 0.3) is 10.9 Å². The normalized spacial score (nSPS) is 9.81. The van der Waals surface area contributed by atoms with Crippen LogP contribution >= 0.6 is 0 Å². The maximum absolute atomic E-state index is 11.8. The maximum Gasteiger partial charge on any atom is 0.338 e. The Morgan fingerprint density at radius 3 is 2.95 bits per heavy atom. The second-order valence-electron chi connectivity index (χ2n) is 4.38. The summed E-state index contributed by atoms with van der Waals surface area (Å²) < 4.78 is 4.76. The summed E-state index contributed by atoms with van der Waals surface area (Å²) in [6.07, 6.45) is 2.11. The number of rotatable bonds is 3. The SMILES string of the molecule is COC(=O)c1cc(C#CCCNC(C)=O)cc2[nH]ncc12. The van der Waals surface area contributed by atoms with Crippen molar-refractivity contribution in [1.29, 1.82) is 0 Å². The molecule has 0 aliphatic rings. The lowest BCUT2D eigenvalue weighted by atomic mass is 10.1. The van der Waals surface area contributed by atoms with Gasteiger partial charge in [0.15, 0.2) is 0 Å². The first-order valence-electron chi connectivity index (χ1n) is 6.40. The Hall–Kier alpha value is -2.81. The predicted molar refractivity (Wildman–Crippen MR) is 77.6 cm³/mol. The monoisotopic (exact) mass is 285 g/mol. The topological polar surface area (TPSA) is 84.1 Å². The van der Waals surface area contributed by atoms with Gasteiger partial charge in [0.25, 0.3) is 0 Å². The van der Waals surface area contributed by atoms with Gasteiger partial charge in [0, 0.05) is 30.8 Å². The van der Waals surface area contributed by atoms with E-state index < -0.39 is 5.97 Å². The zero-order valence-corrected chi connectivity index (χ0v) is 11.8. The molecular weight excluding hydrogens is 270 g/mol. The number of aromatic nitrogens is 2. The zero-order chi connectivity index (χ0) is 15.2. The smallest absolute Gasteiger partial charge is 0.338 e. The van der Waals surface area contributed by atoms with E-state index in [2.05, 4.69) is 27.4 Å². The van der Waals surface area contributed by atoms with Gasteiger partial charge in [0.2, 0.25) is 5.91 Å². The summed E-state index contributed by atoms with van der Waals surface area (Å²) in [5, 5.41) is 10.1. The van der Waals surface area contributed by atoms with Gasteiger partial charge in [0.05, 0.1) is 24.4 Å². The Balaban J connectivity index is 2.22. The highest BCUT2D eigenvalue weighted by Crippen LogP contribution is 2.19. The Morgan fingerprint density at radius 1 is 1.43 bits per heavy atom. The van der Waals surface area contributed by atoms with Crippen molar-refractivity contribution in [1.82, 2.24) is 15.5 Å². The van der Waals surface area contributed by atoms with Crippen LogP contribution in [0.1, 0.15) is 29.3 Å². The molecule has 1 amide bonds. The Labute approximate surface area is 121 Å². The molecule has 0 radical (unpaired) electrons. The number of carbonyl (C=O) groups excluding carboxylic acids is 2. The molecule has 1 aromatic carbocycles. The van der Waals surface area contributed by atoms with Crippen molar-refractivity contribution in [3.8, 4) is 11.8 Å². The van der Waals surface area contributed by atoms with Crippen LogP contribution in [0.15, 0.2) is 18.3 Å². The van der Waals surface area contributed by atoms with E-state index in [4.69, 9.17) is 4.74 Å². The third kappa shape index (κ3) is 3.60. The minimum Gasteiger partial charge on any atom is -0.465 e. The molecular formula is C15H15N3O3. The molecule has 0 saturated carbocycles. The molecule has 0 aliphatic heterocycles. The third-order valence-electron chi connectivity index (χ3n) is 2.82. The van der Waals surface area contributed by atoms with E-state index in [1.807, 2.05) is 6.07 Å². The Bertz CT molecular complexity index is 737. The van der Waals surface area contributed by atoms with E-state index >= 15 is 0 Å². The van der Waals surface area contributed by atoms with E-state index in [9.17, 15) is 9.59 Å². The van der Waals surface area contributed by atoms with Crippen molar-refractivity contribution in [2.75, 3.05) is 13.7 Å². The number of ether oxygens (including phenoxy) is 1. The third-order valence-corrected chi connectivity index (χ3v) is 2.82. The average Bonchev–Trinajstić information content (AvgIpc) is 2.93. The Morgan fingerprint density at radius 2 is 2.24 bits per heavy atom. The lowest BCUT2D eigenvalue weighted by molar-refractivity contribution is -0.118. The number of aromatic amines is 1. The predicted octanol–water partition coefficient (Wildman–Crippen LogP) is 1.23. The van der Waals surface area contributed by atoms with Gasteiger partial charge in [-0.15, -0.1) is 0 Å². The van der Waals surface area contributed by atoms with E-state index in [0.29, 0.717) is 29.5 Å². The van der Waals surface area contributed by atoms with Crippen LogP contribution in [0.3, 0.4) is 0 Å². The first-order chi connectivity index (χ1) is 10.1. The minimum atomic E-state index is -0.428. The summed E-state index contributed by atoms with van der Waals surface area (Å²) in [7, 11) is 1.33. The van der Waals surface area contributed by atoms with E-state index in [-0.39, 0.29) is 5.91 Å². The first-order valence-corrected chi connectivity index (χ1v) is 6.40. The van der Waals surface area contributed by atoms with Gasteiger partial charge in [-0.05, 0) is 12.1 Å². The number of nitrogens with one attached hydrogen (secondary N) is 2. The number of hydrogen-bond acceptors (Lipinski definition) is 4. The van der Waals surface area contributed by atoms with E-state index in [0.717, 1.165) is 5.52 Å². The second-order valence-corrected chi connectivity index (χ2v) is 4.38. The standard InChI is InChI=1S/C15H15N3O3/c1-10(19)16-6-4-3-5-11-7-12(15(20)21-2)13-9-17-18-14(13)8-11/h7-9H,4,6H2,1-2H3,(H,16,19)(H,17,18). The lowest BCUT2D eigenvalue weighted by Crippen LogP contribution is -2.20. The number of H-pyrrole nitrogens is 1. The number of carbonyl (C=O) groups is 2. The van der Waals surface area contributed by atoms with Crippen molar-refractivity contribution in [2.45, 2.75) is 13.3 Å². The van der Waals surface area contributed by atoms with Gasteiger partial charge in [0.1, 0.15) is 0 Å². The van der Waals surface area contributed by atoms with Gasteiger partial charge < -0.3 is 10.1 Å². The molecule has 0 unspecified atom stereocenters. The summed E-state index contributed by atoms with van der Waals surface area (Å²) in [5.41, 5.74) is 1.84. The highest BCUT2D eigenvalue weighted by molar-refractivity contribution is 6.03.